The first kappa shape index (κ1) is 19.1. The van der Waals surface area contributed by atoms with Crippen molar-refractivity contribution in [3.05, 3.63) is 89.2 Å². The van der Waals surface area contributed by atoms with Crippen LogP contribution >= 0.6 is 0 Å². The molecule has 0 saturated carbocycles. The molecule has 2 amide bonds. The molecule has 6 nitrogen and oxygen atoms in total. The van der Waals surface area contributed by atoms with Gasteiger partial charge in [-0.25, -0.2) is 0 Å². The minimum atomic E-state index is -0.367. The Labute approximate surface area is 163 Å². The van der Waals surface area contributed by atoms with Gasteiger partial charge in [0, 0.05) is 24.0 Å². The first-order valence-electron chi connectivity index (χ1n) is 8.80. The van der Waals surface area contributed by atoms with Crippen LogP contribution in [-0.4, -0.2) is 23.9 Å². The lowest BCUT2D eigenvalue weighted by molar-refractivity contribution is 0.0951. The Morgan fingerprint density at radius 2 is 1.68 bits per heavy atom. The van der Waals surface area contributed by atoms with Crippen molar-refractivity contribution in [2.24, 2.45) is 0 Å². The summed E-state index contributed by atoms with van der Waals surface area (Å²) >= 11 is 0. The predicted octanol–water partition coefficient (Wildman–Crippen LogP) is 3.58. The molecule has 142 valence electrons. The highest BCUT2D eigenvalue weighted by atomic mass is 16.5. The number of carbonyl (C=O) groups excluding carboxylic acids is 2. The summed E-state index contributed by atoms with van der Waals surface area (Å²) in [5.41, 5.74) is 3.27. The smallest absolute Gasteiger partial charge is 0.274 e. The van der Waals surface area contributed by atoms with Crippen LogP contribution in [0.25, 0.3) is 0 Å². The van der Waals surface area contributed by atoms with Crippen LogP contribution in [0.4, 0.5) is 5.69 Å². The van der Waals surface area contributed by atoms with E-state index in [0.717, 1.165) is 16.9 Å². The zero-order chi connectivity index (χ0) is 19.9. The van der Waals surface area contributed by atoms with E-state index in [1.807, 2.05) is 55.5 Å². The number of nitrogens with zero attached hydrogens (tertiary/aromatic N) is 1. The van der Waals surface area contributed by atoms with E-state index in [-0.39, 0.29) is 17.5 Å². The lowest BCUT2D eigenvalue weighted by atomic mass is 10.1. The fourth-order valence-electron chi connectivity index (χ4n) is 2.56. The summed E-state index contributed by atoms with van der Waals surface area (Å²) in [7, 11) is 1.60. The van der Waals surface area contributed by atoms with Crippen LogP contribution in [0, 0.1) is 6.92 Å². The summed E-state index contributed by atoms with van der Waals surface area (Å²) in [6.07, 6.45) is 1.45. The number of nitrogens with one attached hydrogen (secondary N) is 2. The number of hydrogen-bond donors (Lipinski definition) is 2. The standard InChI is InChI=1S/C22H21N3O3/c1-15-3-7-18(8-4-15)25-22(27)20-13-17(11-12-23-20)21(26)24-14-16-5-9-19(28-2)10-6-16/h3-13H,14H2,1-2H3,(H,24,26)(H,25,27). The largest absolute Gasteiger partial charge is 0.497 e. The maximum absolute atomic E-state index is 12.4. The maximum Gasteiger partial charge on any atom is 0.274 e. The number of aryl methyl sites for hydroxylation is 1. The van der Waals surface area contributed by atoms with Crippen molar-refractivity contribution in [1.29, 1.82) is 0 Å². The van der Waals surface area contributed by atoms with Crippen LogP contribution in [0.3, 0.4) is 0 Å². The van der Waals surface area contributed by atoms with E-state index < -0.39 is 0 Å². The second kappa shape index (κ2) is 8.81. The monoisotopic (exact) mass is 375 g/mol. The van der Waals surface area contributed by atoms with Gasteiger partial charge >= 0.3 is 0 Å². The van der Waals surface area contributed by atoms with Crippen LogP contribution in [0.1, 0.15) is 32.0 Å². The van der Waals surface area contributed by atoms with Gasteiger partial charge in [-0.2, -0.15) is 0 Å². The molecule has 0 aliphatic rings. The number of benzene rings is 2. The molecule has 0 radical (unpaired) electrons. The molecule has 0 aliphatic heterocycles. The second-order valence-electron chi connectivity index (χ2n) is 6.28. The van der Waals surface area contributed by atoms with E-state index in [1.54, 1.807) is 13.2 Å². The zero-order valence-electron chi connectivity index (χ0n) is 15.7. The van der Waals surface area contributed by atoms with Gasteiger partial charge in [0.1, 0.15) is 11.4 Å². The number of hydrogen-bond acceptors (Lipinski definition) is 4. The first-order chi connectivity index (χ1) is 13.5. The molecule has 6 heteroatoms. The van der Waals surface area contributed by atoms with Gasteiger partial charge in [0.05, 0.1) is 7.11 Å². The molecule has 28 heavy (non-hydrogen) atoms. The molecule has 0 saturated heterocycles. The van der Waals surface area contributed by atoms with E-state index >= 15 is 0 Å². The molecule has 1 aromatic heterocycles. The number of aromatic nitrogens is 1. The van der Waals surface area contributed by atoms with Crippen molar-refractivity contribution < 1.29 is 14.3 Å². The lowest BCUT2D eigenvalue weighted by Gasteiger charge is -2.08. The molecule has 0 spiro atoms. The quantitative estimate of drug-likeness (QED) is 0.690. The van der Waals surface area contributed by atoms with Crippen molar-refractivity contribution in [2.75, 3.05) is 12.4 Å². The average Bonchev–Trinajstić information content (AvgIpc) is 2.74. The lowest BCUT2D eigenvalue weighted by Crippen LogP contribution is -2.23. The Balaban J connectivity index is 1.63. The third-order valence-electron chi connectivity index (χ3n) is 4.18. The number of ether oxygens (including phenoxy) is 1. The van der Waals surface area contributed by atoms with Crippen LogP contribution in [0.2, 0.25) is 0 Å². The number of carbonyl (C=O) groups is 2. The molecule has 3 rings (SSSR count). The van der Waals surface area contributed by atoms with E-state index in [4.69, 9.17) is 4.74 Å². The second-order valence-corrected chi connectivity index (χ2v) is 6.28. The van der Waals surface area contributed by atoms with Crippen LogP contribution in [0.5, 0.6) is 5.75 Å². The molecular weight excluding hydrogens is 354 g/mol. The zero-order valence-corrected chi connectivity index (χ0v) is 15.7. The normalized spacial score (nSPS) is 10.2. The van der Waals surface area contributed by atoms with Crippen molar-refractivity contribution in [3.8, 4) is 5.75 Å². The molecule has 3 aromatic rings. The van der Waals surface area contributed by atoms with Gasteiger partial charge in [0.2, 0.25) is 0 Å². The molecule has 0 fully saturated rings. The minimum Gasteiger partial charge on any atom is -0.497 e. The van der Waals surface area contributed by atoms with Crippen LogP contribution < -0.4 is 15.4 Å². The van der Waals surface area contributed by atoms with Gasteiger partial charge in [-0.3, -0.25) is 14.6 Å². The van der Waals surface area contributed by atoms with Gasteiger partial charge in [-0.15, -0.1) is 0 Å². The van der Waals surface area contributed by atoms with E-state index in [0.29, 0.717) is 17.8 Å². The van der Waals surface area contributed by atoms with Gasteiger partial charge in [0.15, 0.2) is 0 Å². The minimum absolute atomic E-state index is 0.178. The van der Waals surface area contributed by atoms with Gasteiger partial charge in [-0.1, -0.05) is 29.8 Å². The highest BCUT2D eigenvalue weighted by Gasteiger charge is 2.12. The molecular formula is C22H21N3O3. The van der Waals surface area contributed by atoms with E-state index in [2.05, 4.69) is 15.6 Å². The van der Waals surface area contributed by atoms with Crippen molar-refractivity contribution in [3.63, 3.8) is 0 Å². The highest BCUT2D eigenvalue weighted by Crippen LogP contribution is 2.12. The number of methoxy groups -OCH3 is 1. The van der Waals surface area contributed by atoms with E-state index in [1.165, 1.54) is 12.3 Å². The fourth-order valence-corrected chi connectivity index (χ4v) is 2.56. The van der Waals surface area contributed by atoms with Gasteiger partial charge in [-0.05, 0) is 48.9 Å². The molecule has 0 atom stereocenters. The first-order valence-corrected chi connectivity index (χ1v) is 8.80. The highest BCUT2D eigenvalue weighted by molar-refractivity contribution is 6.04. The summed E-state index contributed by atoms with van der Waals surface area (Å²) in [6.45, 7) is 2.34. The SMILES string of the molecule is COc1ccc(CNC(=O)c2ccnc(C(=O)Nc3ccc(C)cc3)c2)cc1. The van der Waals surface area contributed by atoms with E-state index in [9.17, 15) is 9.59 Å². The Kier molecular flexibility index (Phi) is 6.01. The van der Waals surface area contributed by atoms with Crippen molar-refractivity contribution in [2.45, 2.75) is 13.5 Å². The number of amides is 2. The Hall–Kier alpha value is -3.67. The molecule has 2 N–H and O–H groups in total. The Morgan fingerprint density at radius 3 is 2.36 bits per heavy atom. The third kappa shape index (κ3) is 4.94. The summed E-state index contributed by atoms with van der Waals surface area (Å²) in [5, 5.41) is 5.61. The summed E-state index contributed by atoms with van der Waals surface area (Å²) in [5.74, 6) is 0.115. The predicted molar refractivity (Wildman–Crippen MR) is 108 cm³/mol. The molecule has 1 heterocycles. The Bertz CT molecular complexity index is 967. The summed E-state index contributed by atoms with van der Waals surface area (Å²) < 4.78 is 5.12. The Morgan fingerprint density at radius 1 is 0.964 bits per heavy atom. The molecule has 2 aromatic carbocycles. The van der Waals surface area contributed by atoms with Crippen LogP contribution in [0.15, 0.2) is 66.9 Å². The number of anilines is 1. The van der Waals surface area contributed by atoms with Gasteiger partial charge < -0.3 is 15.4 Å². The number of rotatable bonds is 6. The number of pyridine rings is 1. The maximum atomic E-state index is 12.4. The molecule has 0 bridgehead atoms. The summed E-state index contributed by atoms with van der Waals surface area (Å²) in [4.78, 5) is 28.9. The average molecular weight is 375 g/mol. The third-order valence-corrected chi connectivity index (χ3v) is 4.18. The van der Waals surface area contributed by atoms with Crippen molar-refractivity contribution in [1.82, 2.24) is 10.3 Å². The van der Waals surface area contributed by atoms with Crippen molar-refractivity contribution >= 4 is 17.5 Å². The summed E-state index contributed by atoms with van der Waals surface area (Å²) in [6, 6.07) is 17.9. The fraction of sp³-hybridized carbons (Fsp3) is 0.136. The van der Waals surface area contributed by atoms with Crippen LogP contribution in [-0.2, 0) is 6.54 Å². The molecule has 0 aliphatic carbocycles. The van der Waals surface area contributed by atoms with Gasteiger partial charge in [0.25, 0.3) is 11.8 Å². The topological polar surface area (TPSA) is 80.3 Å². The molecule has 0 unspecified atom stereocenters.